The van der Waals surface area contributed by atoms with E-state index in [1.807, 2.05) is 24.3 Å². The molecule has 0 atom stereocenters. The van der Waals surface area contributed by atoms with Crippen LogP contribution in [0.4, 0.5) is 5.69 Å². The number of nitrogens with one attached hydrogen (secondary N) is 2. The number of hydrogen-bond donors (Lipinski definition) is 2. The molecule has 6 nitrogen and oxygen atoms in total. The van der Waals surface area contributed by atoms with Gasteiger partial charge in [-0.25, -0.2) is 9.67 Å². The largest absolute Gasteiger partial charge is 0.323 e. The summed E-state index contributed by atoms with van der Waals surface area (Å²) < 4.78 is 1.62. The average Bonchev–Trinajstić information content (AvgIpc) is 2.93. The lowest BCUT2D eigenvalue weighted by Gasteiger charge is -2.10. The van der Waals surface area contributed by atoms with Gasteiger partial charge in [0.05, 0.1) is 17.9 Å². The summed E-state index contributed by atoms with van der Waals surface area (Å²) in [6.07, 6.45) is 4.06. The van der Waals surface area contributed by atoms with Gasteiger partial charge in [-0.05, 0) is 25.1 Å². The third-order valence-corrected chi connectivity index (χ3v) is 2.56. The highest BCUT2D eigenvalue weighted by Crippen LogP contribution is 2.18. The van der Waals surface area contributed by atoms with Crippen molar-refractivity contribution < 1.29 is 4.79 Å². The number of hydrogen-bond acceptors (Lipinski definition) is 4. The van der Waals surface area contributed by atoms with Crippen molar-refractivity contribution in [3.8, 4) is 5.69 Å². The first-order chi connectivity index (χ1) is 9.31. The van der Waals surface area contributed by atoms with E-state index >= 15 is 0 Å². The molecule has 6 heteroatoms. The molecule has 2 rings (SSSR count). The zero-order valence-corrected chi connectivity index (χ0v) is 10.8. The van der Waals surface area contributed by atoms with Crippen molar-refractivity contribution in [2.45, 2.75) is 13.3 Å². The van der Waals surface area contributed by atoms with E-state index in [4.69, 9.17) is 0 Å². The molecule has 19 heavy (non-hydrogen) atoms. The molecule has 0 fully saturated rings. The molecular formula is C13H17N5O. The number of carbonyl (C=O) groups is 1. The second-order valence-electron chi connectivity index (χ2n) is 4.08. The van der Waals surface area contributed by atoms with Crippen LogP contribution in [0.25, 0.3) is 5.69 Å². The molecule has 0 radical (unpaired) electrons. The Bertz CT molecular complexity index is 524. The van der Waals surface area contributed by atoms with E-state index in [9.17, 15) is 4.79 Å². The Hall–Kier alpha value is -2.21. The van der Waals surface area contributed by atoms with Crippen LogP contribution in [0.2, 0.25) is 0 Å². The zero-order valence-electron chi connectivity index (χ0n) is 10.8. The van der Waals surface area contributed by atoms with Crippen LogP contribution in [-0.2, 0) is 4.79 Å². The minimum absolute atomic E-state index is 0.0685. The second-order valence-corrected chi connectivity index (χ2v) is 4.08. The maximum atomic E-state index is 11.8. The molecule has 1 aromatic carbocycles. The Morgan fingerprint density at radius 2 is 2.21 bits per heavy atom. The van der Waals surface area contributed by atoms with Crippen molar-refractivity contribution in [2.24, 2.45) is 0 Å². The van der Waals surface area contributed by atoms with E-state index in [-0.39, 0.29) is 5.91 Å². The first-order valence-electron chi connectivity index (χ1n) is 6.26. The van der Waals surface area contributed by atoms with Gasteiger partial charge in [0.25, 0.3) is 0 Å². The van der Waals surface area contributed by atoms with Crippen LogP contribution in [0.15, 0.2) is 36.9 Å². The number of para-hydroxylation sites is 2. The molecule has 0 bridgehead atoms. The molecule has 0 spiro atoms. The summed E-state index contributed by atoms with van der Waals surface area (Å²) in [4.78, 5) is 15.7. The minimum Gasteiger partial charge on any atom is -0.323 e. The molecule has 1 heterocycles. The highest BCUT2D eigenvalue weighted by molar-refractivity contribution is 5.94. The summed E-state index contributed by atoms with van der Waals surface area (Å²) in [5.74, 6) is -0.0685. The predicted octanol–water partition coefficient (Wildman–Crippen LogP) is 1.21. The van der Waals surface area contributed by atoms with Crippen LogP contribution >= 0.6 is 0 Å². The molecule has 0 saturated heterocycles. The monoisotopic (exact) mass is 259 g/mol. The molecule has 100 valence electrons. The summed E-state index contributed by atoms with van der Waals surface area (Å²) >= 11 is 0. The summed E-state index contributed by atoms with van der Waals surface area (Å²) in [5, 5.41) is 10.00. The third-order valence-electron chi connectivity index (χ3n) is 2.56. The molecular weight excluding hydrogens is 242 g/mol. The minimum atomic E-state index is -0.0685. The third kappa shape index (κ3) is 3.62. The van der Waals surface area contributed by atoms with Crippen molar-refractivity contribution in [1.82, 2.24) is 20.1 Å². The van der Waals surface area contributed by atoms with Gasteiger partial charge in [-0.3, -0.25) is 4.79 Å². The second kappa shape index (κ2) is 6.65. The molecule has 0 unspecified atom stereocenters. The Kier molecular flexibility index (Phi) is 4.63. The van der Waals surface area contributed by atoms with Gasteiger partial charge in [-0.2, -0.15) is 5.10 Å². The van der Waals surface area contributed by atoms with Crippen molar-refractivity contribution in [1.29, 1.82) is 0 Å². The van der Waals surface area contributed by atoms with Crippen LogP contribution in [0.1, 0.15) is 13.3 Å². The van der Waals surface area contributed by atoms with Crippen LogP contribution in [0.3, 0.4) is 0 Å². The molecule has 2 N–H and O–H groups in total. The van der Waals surface area contributed by atoms with Gasteiger partial charge < -0.3 is 10.6 Å². The normalized spacial score (nSPS) is 10.4. The summed E-state index contributed by atoms with van der Waals surface area (Å²) in [5.41, 5.74) is 1.51. The molecule has 2 aromatic rings. The summed E-state index contributed by atoms with van der Waals surface area (Å²) in [6.45, 7) is 3.20. The Labute approximate surface area is 111 Å². The highest BCUT2D eigenvalue weighted by atomic mass is 16.1. The number of amides is 1. The lowest BCUT2D eigenvalue weighted by molar-refractivity contribution is -0.115. The summed E-state index contributed by atoms with van der Waals surface area (Å²) in [7, 11) is 0. The van der Waals surface area contributed by atoms with E-state index < -0.39 is 0 Å². The van der Waals surface area contributed by atoms with E-state index in [1.54, 1.807) is 11.0 Å². The van der Waals surface area contributed by atoms with Crippen molar-refractivity contribution >= 4 is 11.6 Å². The maximum absolute atomic E-state index is 11.8. The van der Waals surface area contributed by atoms with Gasteiger partial charge in [0.2, 0.25) is 5.91 Å². The molecule has 1 aromatic heterocycles. The first kappa shape index (κ1) is 13.2. The van der Waals surface area contributed by atoms with Crippen molar-refractivity contribution in [3.63, 3.8) is 0 Å². The fourth-order valence-corrected chi connectivity index (χ4v) is 1.68. The lowest BCUT2D eigenvalue weighted by Crippen LogP contribution is -2.28. The fraction of sp³-hybridized carbons (Fsp3) is 0.308. The van der Waals surface area contributed by atoms with Gasteiger partial charge in [0.1, 0.15) is 12.7 Å². The van der Waals surface area contributed by atoms with Crippen LogP contribution < -0.4 is 10.6 Å². The Balaban J connectivity index is 2.06. The van der Waals surface area contributed by atoms with Crippen LogP contribution in [-0.4, -0.2) is 33.8 Å². The molecule has 0 aliphatic carbocycles. The zero-order chi connectivity index (χ0) is 13.5. The Morgan fingerprint density at radius 1 is 1.37 bits per heavy atom. The summed E-state index contributed by atoms with van der Waals surface area (Å²) in [6, 6.07) is 7.48. The molecule has 1 amide bonds. The average molecular weight is 259 g/mol. The number of carbonyl (C=O) groups excluding carboxylic acids is 1. The maximum Gasteiger partial charge on any atom is 0.238 e. The molecule has 0 aliphatic rings. The predicted molar refractivity (Wildman–Crippen MR) is 73.1 cm³/mol. The van der Waals surface area contributed by atoms with Gasteiger partial charge in [0, 0.05) is 0 Å². The lowest BCUT2D eigenvalue weighted by atomic mass is 10.2. The van der Waals surface area contributed by atoms with Crippen LogP contribution in [0, 0.1) is 0 Å². The Morgan fingerprint density at radius 3 is 2.95 bits per heavy atom. The number of benzene rings is 1. The number of rotatable bonds is 6. The standard InChI is InChI=1S/C13H17N5O/c1-2-7-14-8-13(19)17-11-5-3-4-6-12(11)18-10-15-9-16-18/h3-6,9-10,14H,2,7-8H2,1H3,(H,17,19). The van der Waals surface area contributed by atoms with Gasteiger partial charge >= 0.3 is 0 Å². The first-order valence-corrected chi connectivity index (χ1v) is 6.26. The number of nitrogens with zero attached hydrogens (tertiary/aromatic N) is 3. The van der Waals surface area contributed by atoms with E-state index in [0.717, 1.165) is 24.3 Å². The number of anilines is 1. The van der Waals surface area contributed by atoms with E-state index in [2.05, 4.69) is 27.6 Å². The van der Waals surface area contributed by atoms with Gasteiger partial charge in [-0.1, -0.05) is 19.1 Å². The quantitative estimate of drug-likeness (QED) is 0.765. The fourth-order valence-electron chi connectivity index (χ4n) is 1.68. The number of aromatic nitrogens is 3. The van der Waals surface area contributed by atoms with E-state index in [1.165, 1.54) is 6.33 Å². The van der Waals surface area contributed by atoms with Crippen molar-refractivity contribution in [2.75, 3.05) is 18.4 Å². The molecule has 0 saturated carbocycles. The van der Waals surface area contributed by atoms with Gasteiger partial charge in [-0.15, -0.1) is 0 Å². The van der Waals surface area contributed by atoms with Crippen molar-refractivity contribution in [3.05, 3.63) is 36.9 Å². The highest BCUT2D eigenvalue weighted by Gasteiger charge is 2.07. The van der Waals surface area contributed by atoms with E-state index in [0.29, 0.717) is 6.54 Å². The smallest absolute Gasteiger partial charge is 0.238 e. The van der Waals surface area contributed by atoms with Gasteiger partial charge in [0.15, 0.2) is 0 Å². The van der Waals surface area contributed by atoms with Crippen LogP contribution in [0.5, 0.6) is 0 Å². The SMILES string of the molecule is CCCNCC(=O)Nc1ccccc1-n1cncn1. The topological polar surface area (TPSA) is 71.8 Å². The molecule has 0 aliphatic heterocycles.